The quantitative estimate of drug-likeness (QED) is 0.549. The molecule has 0 aliphatic carbocycles. The molecule has 0 saturated carbocycles. The van der Waals surface area contributed by atoms with Crippen molar-refractivity contribution in [1.29, 1.82) is 0 Å². The number of nitrogens with zero attached hydrogens (tertiary/aromatic N) is 3. The van der Waals surface area contributed by atoms with Gasteiger partial charge < -0.3 is 10.5 Å². The topological polar surface area (TPSA) is 63.2 Å². The molecule has 0 radical (unpaired) electrons. The van der Waals surface area contributed by atoms with Crippen LogP contribution in [-0.2, 0) is 5.54 Å². The van der Waals surface area contributed by atoms with Gasteiger partial charge in [-0.2, -0.15) is 0 Å². The number of alkyl halides is 1. The highest BCUT2D eigenvalue weighted by molar-refractivity contribution is 6.35. The zero-order chi connectivity index (χ0) is 23.2. The molecule has 2 aliphatic heterocycles. The third kappa shape index (κ3) is 3.73. The van der Waals surface area contributed by atoms with E-state index in [2.05, 4.69) is 4.99 Å². The molecular formula is C25H21Cl2FN4O. The SMILES string of the molecule is COc1ccc(C2(c3cccc(-c4cc(Cl)cc(Cl)c4)c3)N=C(N)N3CC(F)CN=C32)cc1. The van der Waals surface area contributed by atoms with Crippen LogP contribution in [0.4, 0.5) is 4.39 Å². The number of amidine groups is 1. The molecule has 5 nitrogen and oxygen atoms in total. The summed E-state index contributed by atoms with van der Waals surface area (Å²) < 4.78 is 19.5. The fourth-order valence-corrected chi connectivity index (χ4v) is 4.96. The minimum atomic E-state index is -1.10. The Bertz CT molecular complexity index is 1260. The molecule has 0 aromatic heterocycles. The van der Waals surface area contributed by atoms with Crippen LogP contribution in [-0.4, -0.2) is 43.1 Å². The van der Waals surface area contributed by atoms with Gasteiger partial charge in [0.05, 0.1) is 20.2 Å². The Hall–Kier alpha value is -3.09. The first kappa shape index (κ1) is 21.7. The van der Waals surface area contributed by atoms with Crippen molar-refractivity contribution < 1.29 is 9.13 Å². The first-order chi connectivity index (χ1) is 15.9. The lowest BCUT2D eigenvalue weighted by molar-refractivity contribution is 0.288. The fraction of sp³-hybridized carbons (Fsp3) is 0.200. The molecule has 2 atom stereocenters. The summed E-state index contributed by atoms with van der Waals surface area (Å²) in [6, 6.07) is 20.9. The fourth-order valence-electron chi connectivity index (χ4n) is 4.44. The monoisotopic (exact) mass is 482 g/mol. The highest BCUT2D eigenvalue weighted by Gasteiger charge is 2.50. The number of fused-ring (bicyclic) bond motifs is 1. The molecule has 2 heterocycles. The van der Waals surface area contributed by atoms with E-state index in [1.165, 1.54) is 0 Å². The molecule has 2 aliphatic rings. The van der Waals surface area contributed by atoms with Crippen LogP contribution in [0.3, 0.4) is 0 Å². The van der Waals surface area contributed by atoms with E-state index in [-0.39, 0.29) is 19.0 Å². The molecule has 2 unspecified atom stereocenters. The van der Waals surface area contributed by atoms with E-state index < -0.39 is 11.7 Å². The summed E-state index contributed by atoms with van der Waals surface area (Å²) in [6.45, 7) is 0.186. The number of ether oxygens (including phenoxy) is 1. The Kier molecular flexibility index (Phi) is 5.51. The molecule has 0 amide bonds. The molecule has 0 bridgehead atoms. The predicted molar refractivity (Wildman–Crippen MR) is 131 cm³/mol. The number of methoxy groups -OCH3 is 1. The average molecular weight is 483 g/mol. The minimum Gasteiger partial charge on any atom is -0.497 e. The van der Waals surface area contributed by atoms with Crippen molar-refractivity contribution in [3.63, 3.8) is 0 Å². The number of hydrogen-bond donors (Lipinski definition) is 1. The van der Waals surface area contributed by atoms with Gasteiger partial charge in [-0.05, 0) is 58.7 Å². The number of aliphatic imine (C=N–C) groups is 2. The van der Waals surface area contributed by atoms with Gasteiger partial charge in [-0.3, -0.25) is 9.89 Å². The summed E-state index contributed by atoms with van der Waals surface area (Å²) in [5.74, 6) is 1.57. The molecule has 0 saturated heterocycles. The van der Waals surface area contributed by atoms with Crippen molar-refractivity contribution in [1.82, 2.24) is 4.90 Å². The number of nitrogens with two attached hydrogens (primary N) is 1. The zero-order valence-electron chi connectivity index (χ0n) is 17.8. The van der Waals surface area contributed by atoms with Crippen LogP contribution in [0.2, 0.25) is 10.0 Å². The van der Waals surface area contributed by atoms with Crippen molar-refractivity contribution in [2.45, 2.75) is 11.7 Å². The number of rotatable bonds is 4. The third-order valence-electron chi connectivity index (χ3n) is 5.94. The second kappa shape index (κ2) is 8.36. The minimum absolute atomic E-state index is 0.0656. The summed E-state index contributed by atoms with van der Waals surface area (Å²) in [6.07, 6.45) is -1.10. The zero-order valence-corrected chi connectivity index (χ0v) is 19.3. The summed E-state index contributed by atoms with van der Waals surface area (Å²) >= 11 is 12.5. The molecule has 168 valence electrons. The highest BCUT2D eigenvalue weighted by Crippen LogP contribution is 2.43. The Morgan fingerprint density at radius 3 is 2.42 bits per heavy atom. The van der Waals surface area contributed by atoms with Crippen LogP contribution >= 0.6 is 23.2 Å². The van der Waals surface area contributed by atoms with Gasteiger partial charge in [0.25, 0.3) is 0 Å². The van der Waals surface area contributed by atoms with Gasteiger partial charge in [-0.1, -0.05) is 53.5 Å². The van der Waals surface area contributed by atoms with E-state index in [9.17, 15) is 4.39 Å². The van der Waals surface area contributed by atoms with Crippen LogP contribution < -0.4 is 10.5 Å². The van der Waals surface area contributed by atoms with Gasteiger partial charge in [0, 0.05) is 10.0 Å². The maximum Gasteiger partial charge on any atom is 0.198 e. The normalized spacial score (nSPS) is 21.9. The van der Waals surface area contributed by atoms with Crippen molar-refractivity contribution in [3.05, 3.63) is 87.9 Å². The lowest BCUT2D eigenvalue weighted by Crippen LogP contribution is -2.49. The molecule has 3 aromatic rings. The van der Waals surface area contributed by atoms with Gasteiger partial charge in [0.2, 0.25) is 0 Å². The third-order valence-corrected chi connectivity index (χ3v) is 6.38. The highest BCUT2D eigenvalue weighted by atomic mass is 35.5. The predicted octanol–water partition coefficient (Wildman–Crippen LogP) is 5.29. The van der Waals surface area contributed by atoms with Gasteiger partial charge >= 0.3 is 0 Å². The van der Waals surface area contributed by atoms with Gasteiger partial charge in [-0.15, -0.1) is 0 Å². The molecule has 33 heavy (non-hydrogen) atoms. The smallest absolute Gasteiger partial charge is 0.198 e. The Balaban J connectivity index is 1.73. The first-order valence-electron chi connectivity index (χ1n) is 10.4. The van der Waals surface area contributed by atoms with Gasteiger partial charge in [0.1, 0.15) is 17.8 Å². The Labute approximate surface area is 201 Å². The van der Waals surface area contributed by atoms with Gasteiger partial charge in [0.15, 0.2) is 11.5 Å². The molecule has 0 spiro atoms. The number of halogens is 3. The molecule has 8 heteroatoms. The van der Waals surface area contributed by atoms with E-state index in [0.29, 0.717) is 15.9 Å². The Morgan fingerprint density at radius 2 is 1.73 bits per heavy atom. The maximum absolute atomic E-state index is 14.2. The Morgan fingerprint density at radius 1 is 1.00 bits per heavy atom. The largest absolute Gasteiger partial charge is 0.497 e. The van der Waals surface area contributed by atoms with Crippen molar-refractivity contribution in [2.75, 3.05) is 20.2 Å². The van der Waals surface area contributed by atoms with Crippen LogP contribution in [0.15, 0.2) is 76.7 Å². The second-order valence-electron chi connectivity index (χ2n) is 8.02. The summed E-state index contributed by atoms with van der Waals surface area (Å²) in [5, 5.41) is 1.10. The molecular weight excluding hydrogens is 462 g/mol. The van der Waals surface area contributed by atoms with Gasteiger partial charge in [-0.25, -0.2) is 9.38 Å². The maximum atomic E-state index is 14.2. The molecule has 3 aromatic carbocycles. The van der Waals surface area contributed by atoms with Crippen LogP contribution in [0.1, 0.15) is 11.1 Å². The van der Waals surface area contributed by atoms with E-state index in [0.717, 1.165) is 28.0 Å². The number of benzene rings is 3. The van der Waals surface area contributed by atoms with E-state index >= 15 is 0 Å². The number of hydrogen-bond acceptors (Lipinski definition) is 5. The molecule has 2 N–H and O–H groups in total. The van der Waals surface area contributed by atoms with Crippen molar-refractivity contribution in [3.8, 4) is 16.9 Å². The van der Waals surface area contributed by atoms with E-state index in [1.807, 2.05) is 60.7 Å². The van der Waals surface area contributed by atoms with E-state index in [4.69, 9.17) is 38.7 Å². The van der Waals surface area contributed by atoms with Crippen LogP contribution in [0, 0.1) is 0 Å². The second-order valence-corrected chi connectivity index (χ2v) is 8.89. The van der Waals surface area contributed by atoms with Crippen LogP contribution in [0.25, 0.3) is 11.1 Å². The summed E-state index contributed by atoms with van der Waals surface area (Å²) in [7, 11) is 1.62. The van der Waals surface area contributed by atoms with E-state index in [1.54, 1.807) is 18.1 Å². The number of guanidine groups is 1. The molecule has 5 rings (SSSR count). The van der Waals surface area contributed by atoms with Crippen LogP contribution in [0.5, 0.6) is 5.75 Å². The summed E-state index contributed by atoms with van der Waals surface area (Å²) in [4.78, 5) is 11.2. The average Bonchev–Trinajstić information content (AvgIpc) is 3.11. The first-order valence-corrected chi connectivity index (χ1v) is 11.2. The molecule has 0 fully saturated rings. The van der Waals surface area contributed by atoms with Crippen molar-refractivity contribution >= 4 is 35.0 Å². The van der Waals surface area contributed by atoms with Crippen molar-refractivity contribution in [2.24, 2.45) is 15.7 Å². The lowest BCUT2D eigenvalue weighted by atomic mass is 9.81. The standard InChI is InChI=1S/C25H21Cl2FN4O/c1-33-22-7-5-17(6-8-22)25(23-30-13-21(28)14-32(23)24(29)31-25)18-4-2-3-15(9-18)16-10-19(26)12-20(27)11-16/h2-12,21H,13-14H2,1H3,(H2,29,31). The lowest BCUT2D eigenvalue weighted by Gasteiger charge is -2.34. The summed E-state index contributed by atoms with van der Waals surface area (Å²) in [5.41, 5.74) is 8.79.